The number of nitrogens with two attached hydrogens (primary N) is 1. The van der Waals surface area contributed by atoms with Crippen LogP contribution < -0.4 is 16.4 Å². The molecule has 0 aromatic heterocycles. The molecule has 0 saturated carbocycles. The Morgan fingerprint density at radius 2 is 2.33 bits per heavy atom. The quantitative estimate of drug-likeness (QED) is 0.521. The second-order valence-corrected chi connectivity index (χ2v) is 4.02. The Bertz CT molecular complexity index is 179. The van der Waals surface area contributed by atoms with Crippen molar-refractivity contribution < 1.29 is 4.79 Å². The van der Waals surface area contributed by atoms with Gasteiger partial charge >= 0.3 is 6.03 Å². The molecule has 1 saturated heterocycles. The van der Waals surface area contributed by atoms with Crippen LogP contribution in [0.25, 0.3) is 0 Å². The van der Waals surface area contributed by atoms with Gasteiger partial charge < -0.3 is 16.4 Å². The average molecular weight is 171 g/mol. The first kappa shape index (κ1) is 9.32. The molecule has 0 radical (unpaired) electrons. The fraction of sp³-hybridized carbons (Fsp3) is 0.875. The molecule has 0 bridgehead atoms. The predicted octanol–water partition coefficient (Wildman–Crippen LogP) is 0.0428. The minimum absolute atomic E-state index is 0.104. The minimum Gasteiger partial charge on any atom is -0.352 e. The van der Waals surface area contributed by atoms with Crippen molar-refractivity contribution in [1.29, 1.82) is 0 Å². The van der Waals surface area contributed by atoms with E-state index in [0.717, 1.165) is 19.5 Å². The Hall–Kier alpha value is -0.770. The standard InChI is InChI=1S/C8H17N3O/c1-8(2)5-10-4-3-6(8)11-7(9)12/h6,10H,3-5H2,1-2H3,(H3,9,11,12). The van der Waals surface area contributed by atoms with Crippen molar-refractivity contribution >= 4 is 6.03 Å². The molecule has 1 unspecified atom stereocenters. The third-order valence-electron chi connectivity index (χ3n) is 2.45. The van der Waals surface area contributed by atoms with Gasteiger partial charge in [0.2, 0.25) is 0 Å². The summed E-state index contributed by atoms with van der Waals surface area (Å²) in [5.41, 5.74) is 5.18. The maximum Gasteiger partial charge on any atom is 0.312 e. The number of amides is 2. The highest BCUT2D eigenvalue weighted by molar-refractivity contribution is 5.72. The molecule has 0 spiro atoms. The molecule has 1 aliphatic rings. The maximum absolute atomic E-state index is 10.6. The SMILES string of the molecule is CC1(C)CNCCC1NC(N)=O. The third-order valence-corrected chi connectivity index (χ3v) is 2.45. The first-order valence-electron chi connectivity index (χ1n) is 4.29. The Labute approximate surface area is 72.9 Å². The monoisotopic (exact) mass is 171 g/mol. The fourth-order valence-electron chi connectivity index (χ4n) is 1.61. The highest BCUT2D eigenvalue weighted by atomic mass is 16.2. The van der Waals surface area contributed by atoms with E-state index in [4.69, 9.17) is 5.73 Å². The number of carbonyl (C=O) groups is 1. The zero-order valence-corrected chi connectivity index (χ0v) is 7.68. The fourth-order valence-corrected chi connectivity index (χ4v) is 1.61. The normalized spacial score (nSPS) is 28.0. The van der Waals surface area contributed by atoms with Crippen LogP contribution in [0.15, 0.2) is 0 Å². The van der Waals surface area contributed by atoms with Crippen LogP contribution in [0.4, 0.5) is 4.79 Å². The molecule has 4 heteroatoms. The summed E-state index contributed by atoms with van der Waals surface area (Å²) in [7, 11) is 0. The van der Waals surface area contributed by atoms with Crippen molar-refractivity contribution in [3.63, 3.8) is 0 Å². The molecule has 70 valence electrons. The topological polar surface area (TPSA) is 67.2 Å². The van der Waals surface area contributed by atoms with Gasteiger partial charge in [0.05, 0.1) is 0 Å². The number of urea groups is 1. The van der Waals surface area contributed by atoms with Crippen molar-refractivity contribution in [2.75, 3.05) is 13.1 Å². The van der Waals surface area contributed by atoms with Crippen molar-refractivity contribution in [2.24, 2.45) is 11.1 Å². The number of primary amides is 1. The average Bonchev–Trinajstić information content (AvgIpc) is 1.92. The number of rotatable bonds is 1. The lowest BCUT2D eigenvalue weighted by Gasteiger charge is -2.38. The predicted molar refractivity (Wildman–Crippen MR) is 47.8 cm³/mol. The summed E-state index contributed by atoms with van der Waals surface area (Å²) in [6.45, 7) is 6.13. The van der Waals surface area contributed by atoms with Gasteiger partial charge in [-0.05, 0) is 18.4 Å². The van der Waals surface area contributed by atoms with Gasteiger partial charge in [0.15, 0.2) is 0 Å². The molecule has 2 amide bonds. The minimum atomic E-state index is -0.421. The molecular formula is C8H17N3O. The van der Waals surface area contributed by atoms with Crippen molar-refractivity contribution in [1.82, 2.24) is 10.6 Å². The summed E-state index contributed by atoms with van der Waals surface area (Å²) in [6, 6.07) is -0.216. The molecule has 1 fully saturated rings. The van der Waals surface area contributed by atoms with Gasteiger partial charge in [0.25, 0.3) is 0 Å². The van der Waals surface area contributed by atoms with Gasteiger partial charge in [-0.25, -0.2) is 4.79 Å². The molecule has 1 aliphatic heterocycles. The van der Waals surface area contributed by atoms with Crippen molar-refractivity contribution in [2.45, 2.75) is 26.3 Å². The summed E-state index contributed by atoms with van der Waals surface area (Å²) in [6.07, 6.45) is 0.954. The molecule has 4 nitrogen and oxygen atoms in total. The number of hydrogen-bond acceptors (Lipinski definition) is 2. The third kappa shape index (κ3) is 2.11. The van der Waals surface area contributed by atoms with E-state index in [0.29, 0.717) is 0 Å². The number of carbonyl (C=O) groups excluding carboxylic acids is 1. The van der Waals surface area contributed by atoms with Crippen LogP contribution >= 0.6 is 0 Å². The van der Waals surface area contributed by atoms with Crippen LogP contribution in [0.5, 0.6) is 0 Å². The molecule has 0 aromatic carbocycles. The molecule has 0 aromatic rings. The van der Waals surface area contributed by atoms with Gasteiger partial charge in [-0.3, -0.25) is 0 Å². The summed E-state index contributed by atoms with van der Waals surface area (Å²) in [5.74, 6) is 0. The first-order chi connectivity index (χ1) is 5.52. The van der Waals surface area contributed by atoms with Crippen LogP contribution in [-0.2, 0) is 0 Å². The van der Waals surface area contributed by atoms with E-state index in [-0.39, 0.29) is 11.5 Å². The second kappa shape index (κ2) is 3.31. The molecule has 12 heavy (non-hydrogen) atoms. The smallest absolute Gasteiger partial charge is 0.312 e. The Kier molecular flexibility index (Phi) is 2.57. The number of nitrogens with one attached hydrogen (secondary N) is 2. The maximum atomic E-state index is 10.6. The summed E-state index contributed by atoms with van der Waals surface area (Å²) >= 11 is 0. The zero-order chi connectivity index (χ0) is 9.19. The number of hydrogen-bond donors (Lipinski definition) is 3. The zero-order valence-electron chi connectivity index (χ0n) is 7.68. The van der Waals surface area contributed by atoms with Crippen molar-refractivity contribution in [3.05, 3.63) is 0 Å². The molecule has 1 rings (SSSR count). The van der Waals surface area contributed by atoms with Gasteiger partial charge in [-0.1, -0.05) is 13.8 Å². The Balaban J connectivity index is 2.54. The van der Waals surface area contributed by atoms with E-state index in [9.17, 15) is 4.79 Å². The van der Waals surface area contributed by atoms with Crippen LogP contribution in [0.3, 0.4) is 0 Å². The summed E-state index contributed by atoms with van der Waals surface area (Å²) in [4.78, 5) is 10.6. The molecular weight excluding hydrogens is 154 g/mol. The summed E-state index contributed by atoms with van der Waals surface area (Å²) in [5, 5.41) is 6.06. The molecule has 0 aliphatic carbocycles. The first-order valence-corrected chi connectivity index (χ1v) is 4.29. The molecule has 1 heterocycles. The van der Waals surface area contributed by atoms with E-state index >= 15 is 0 Å². The second-order valence-electron chi connectivity index (χ2n) is 4.02. The van der Waals surface area contributed by atoms with E-state index < -0.39 is 6.03 Å². The Morgan fingerprint density at radius 3 is 2.83 bits per heavy atom. The largest absolute Gasteiger partial charge is 0.352 e. The van der Waals surface area contributed by atoms with Crippen LogP contribution in [-0.4, -0.2) is 25.2 Å². The van der Waals surface area contributed by atoms with Gasteiger partial charge in [0.1, 0.15) is 0 Å². The Morgan fingerprint density at radius 1 is 1.67 bits per heavy atom. The van der Waals surface area contributed by atoms with Crippen LogP contribution in [0.2, 0.25) is 0 Å². The van der Waals surface area contributed by atoms with Crippen LogP contribution in [0.1, 0.15) is 20.3 Å². The lowest BCUT2D eigenvalue weighted by molar-refractivity contribution is 0.183. The van der Waals surface area contributed by atoms with E-state index in [1.807, 2.05) is 0 Å². The number of piperidine rings is 1. The van der Waals surface area contributed by atoms with Gasteiger partial charge in [-0.2, -0.15) is 0 Å². The van der Waals surface area contributed by atoms with Gasteiger partial charge in [0, 0.05) is 12.6 Å². The van der Waals surface area contributed by atoms with Crippen molar-refractivity contribution in [3.8, 4) is 0 Å². The summed E-state index contributed by atoms with van der Waals surface area (Å²) < 4.78 is 0. The van der Waals surface area contributed by atoms with E-state index in [1.54, 1.807) is 0 Å². The van der Waals surface area contributed by atoms with E-state index in [1.165, 1.54) is 0 Å². The lowest BCUT2D eigenvalue weighted by atomic mass is 9.80. The molecule has 1 atom stereocenters. The highest BCUT2D eigenvalue weighted by Crippen LogP contribution is 2.24. The van der Waals surface area contributed by atoms with Crippen LogP contribution in [0, 0.1) is 5.41 Å². The lowest BCUT2D eigenvalue weighted by Crippen LogP contribution is -2.55. The molecule has 4 N–H and O–H groups in total. The van der Waals surface area contributed by atoms with Gasteiger partial charge in [-0.15, -0.1) is 0 Å². The van der Waals surface area contributed by atoms with E-state index in [2.05, 4.69) is 24.5 Å². The highest BCUT2D eigenvalue weighted by Gasteiger charge is 2.32.